The van der Waals surface area contributed by atoms with Crippen molar-refractivity contribution in [2.45, 2.75) is 38.6 Å². The van der Waals surface area contributed by atoms with Crippen molar-refractivity contribution in [2.24, 2.45) is 5.41 Å². The van der Waals surface area contributed by atoms with E-state index in [4.69, 9.17) is 19.8 Å². The maximum Gasteiger partial charge on any atom is 0.414 e. The Morgan fingerprint density at radius 1 is 1.06 bits per heavy atom. The lowest BCUT2D eigenvalue weighted by molar-refractivity contribution is -0.159. The summed E-state index contributed by atoms with van der Waals surface area (Å²) in [6.45, 7) is 1.08. The lowest BCUT2D eigenvalue weighted by Gasteiger charge is -2.33. The van der Waals surface area contributed by atoms with Gasteiger partial charge in [-0.1, -0.05) is 12.8 Å². The zero-order valence-electron chi connectivity index (χ0n) is 16.7. The molecule has 1 fully saturated rings. The van der Waals surface area contributed by atoms with Crippen LogP contribution in [0.25, 0.3) is 11.3 Å². The summed E-state index contributed by atoms with van der Waals surface area (Å²) in [5.41, 5.74) is 2.97. The summed E-state index contributed by atoms with van der Waals surface area (Å²) in [7, 11) is 0. The third kappa shape index (κ3) is 4.66. The van der Waals surface area contributed by atoms with Crippen LogP contribution in [0.1, 0.15) is 36.9 Å². The average molecular weight is 423 g/mol. The molecule has 10 heteroatoms. The normalized spacial score (nSPS) is 16.3. The Kier molecular flexibility index (Phi) is 6.55. The summed E-state index contributed by atoms with van der Waals surface area (Å²) in [6.07, 6.45) is 9.01. The van der Waals surface area contributed by atoms with Gasteiger partial charge in [-0.25, -0.2) is 19.6 Å². The molecule has 2 N–H and O–H groups in total. The van der Waals surface area contributed by atoms with Gasteiger partial charge in [0.2, 0.25) is 5.91 Å². The van der Waals surface area contributed by atoms with E-state index < -0.39 is 17.4 Å². The zero-order chi connectivity index (χ0) is 22.4. The van der Waals surface area contributed by atoms with Crippen LogP contribution in [0.2, 0.25) is 0 Å². The predicted octanol–water partition coefficient (Wildman–Crippen LogP) is 1.66. The van der Waals surface area contributed by atoms with Crippen molar-refractivity contribution in [3.05, 3.63) is 42.1 Å². The Morgan fingerprint density at radius 2 is 1.71 bits per heavy atom. The Balaban J connectivity index is 0.000000401. The molecular weight excluding hydrogens is 402 g/mol. The van der Waals surface area contributed by atoms with Gasteiger partial charge < -0.3 is 15.1 Å². The zero-order valence-corrected chi connectivity index (χ0v) is 16.7. The van der Waals surface area contributed by atoms with E-state index in [-0.39, 0.29) is 5.91 Å². The van der Waals surface area contributed by atoms with Crippen molar-refractivity contribution in [1.29, 1.82) is 5.26 Å². The van der Waals surface area contributed by atoms with E-state index in [2.05, 4.69) is 21.0 Å². The van der Waals surface area contributed by atoms with Gasteiger partial charge in [0, 0.05) is 43.0 Å². The van der Waals surface area contributed by atoms with Crippen LogP contribution >= 0.6 is 0 Å². The number of aromatic nitrogens is 3. The van der Waals surface area contributed by atoms with E-state index >= 15 is 0 Å². The summed E-state index contributed by atoms with van der Waals surface area (Å²) in [6, 6.07) is 6.14. The number of carboxylic acids is 2. The van der Waals surface area contributed by atoms with Gasteiger partial charge in [0.1, 0.15) is 11.7 Å². The molecule has 1 aliphatic carbocycles. The van der Waals surface area contributed by atoms with Crippen LogP contribution < -0.4 is 0 Å². The Morgan fingerprint density at radius 3 is 2.29 bits per heavy atom. The second kappa shape index (κ2) is 9.30. The SMILES string of the molecule is N#CC1(C(=O)N2CCc3ncnc(-c4ccncc4)c3C2)CCCC1.O=C(O)C(=O)O. The van der Waals surface area contributed by atoms with Crippen molar-refractivity contribution in [1.82, 2.24) is 19.9 Å². The first-order valence-corrected chi connectivity index (χ1v) is 9.78. The highest BCUT2D eigenvalue weighted by Gasteiger charge is 2.44. The smallest absolute Gasteiger partial charge is 0.414 e. The van der Waals surface area contributed by atoms with Gasteiger partial charge in [-0.2, -0.15) is 5.26 Å². The molecule has 2 aromatic heterocycles. The molecule has 4 rings (SSSR count). The fourth-order valence-corrected chi connectivity index (χ4v) is 3.93. The number of carbonyl (C=O) groups excluding carboxylic acids is 1. The number of nitriles is 1. The molecule has 3 heterocycles. The molecule has 31 heavy (non-hydrogen) atoms. The molecule has 0 unspecified atom stereocenters. The Bertz CT molecular complexity index is 1020. The highest BCUT2D eigenvalue weighted by atomic mass is 16.4. The van der Waals surface area contributed by atoms with E-state index in [9.17, 15) is 10.1 Å². The van der Waals surface area contributed by atoms with E-state index in [1.165, 1.54) is 0 Å². The highest BCUT2D eigenvalue weighted by molar-refractivity contribution is 6.27. The molecule has 1 aliphatic heterocycles. The number of carbonyl (C=O) groups is 3. The predicted molar refractivity (Wildman–Crippen MR) is 106 cm³/mol. The molecule has 10 nitrogen and oxygen atoms in total. The minimum absolute atomic E-state index is 0.0253. The molecule has 1 amide bonds. The third-order valence-electron chi connectivity index (χ3n) is 5.51. The van der Waals surface area contributed by atoms with Crippen LogP contribution in [0.3, 0.4) is 0 Å². The second-order valence-corrected chi connectivity index (χ2v) is 7.37. The molecule has 160 valence electrons. The largest absolute Gasteiger partial charge is 0.473 e. The minimum Gasteiger partial charge on any atom is -0.473 e. The van der Waals surface area contributed by atoms with Gasteiger partial charge in [-0.15, -0.1) is 0 Å². The summed E-state index contributed by atoms with van der Waals surface area (Å²) >= 11 is 0. The molecule has 2 aromatic rings. The van der Waals surface area contributed by atoms with Gasteiger partial charge in [0.25, 0.3) is 0 Å². The van der Waals surface area contributed by atoms with Crippen molar-refractivity contribution < 1.29 is 24.6 Å². The topological polar surface area (TPSA) is 157 Å². The lowest BCUT2D eigenvalue weighted by atomic mass is 9.85. The van der Waals surface area contributed by atoms with Crippen molar-refractivity contribution >= 4 is 17.8 Å². The number of fused-ring (bicyclic) bond motifs is 1. The second-order valence-electron chi connectivity index (χ2n) is 7.37. The first kappa shape index (κ1) is 21.8. The number of nitrogens with zero attached hydrogens (tertiary/aromatic N) is 5. The first-order valence-electron chi connectivity index (χ1n) is 9.78. The Hall–Kier alpha value is -3.87. The van der Waals surface area contributed by atoms with Crippen LogP contribution in [0.15, 0.2) is 30.9 Å². The number of aliphatic carboxylic acids is 2. The number of rotatable bonds is 2. The standard InChI is InChI=1S/C19H19N5O.C2H2O4/c20-12-19(6-1-2-7-19)18(25)24-10-5-16-15(11-24)17(23-13-22-16)14-3-8-21-9-4-14;3-1(4)2(5)6/h3-4,8-9,13H,1-2,5-7,10-11H2;(H,3,4)(H,5,6). The van der Waals surface area contributed by atoms with E-state index in [1.54, 1.807) is 18.7 Å². The minimum atomic E-state index is -1.82. The monoisotopic (exact) mass is 423 g/mol. The molecule has 2 aliphatic rings. The van der Waals surface area contributed by atoms with Crippen molar-refractivity contribution in [2.75, 3.05) is 6.54 Å². The van der Waals surface area contributed by atoms with Crippen LogP contribution in [0.5, 0.6) is 0 Å². The van der Waals surface area contributed by atoms with Crippen molar-refractivity contribution in [3.8, 4) is 17.3 Å². The molecule has 0 atom stereocenters. The highest BCUT2D eigenvalue weighted by Crippen LogP contribution is 2.40. The fourth-order valence-electron chi connectivity index (χ4n) is 3.93. The average Bonchev–Trinajstić information content (AvgIpc) is 3.29. The fraction of sp³-hybridized carbons (Fsp3) is 0.381. The van der Waals surface area contributed by atoms with E-state index in [0.29, 0.717) is 32.4 Å². The summed E-state index contributed by atoms with van der Waals surface area (Å²) in [5, 5.41) is 24.4. The first-order chi connectivity index (χ1) is 14.9. The maximum atomic E-state index is 13.1. The third-order valence-corrected chi connectivity index (χ3v) is 5.51. The van der Waals surface area contributed by atoms with Gasteiger partial charge >= 0.3 is 11.9 Å². The number of carboxylic acid groups (broad SMARTS) is 2. The molecule has 0 aromatic carbocycles. The van der Waals surface area contributed by atoms with Gasteiger partial charge in [-0.05, 0) is 25.0 Å². The van der Waals surface area contributed by atoms with Crippen molar-refractivity contribution in [3.63, 3.8) is 0 Å². The number of amides is 1. The lowest BCUT2D eigenvalue weighted by Crippen LogP contribution is -2.44. The quantitative estimate of drug-likeness (QED) is 0.685. The number of hydrogen-bond donors (Lipinski definition) is 2. The molecule has 0 saturated heterocycles. The summed E-state index contributed by atoms with van der Waals surface area (Å²) in [5.74, 6) is -3.67. The molecule has 0 radical (unpaired) electrons. The van der Waals surface area contributed by atoms with E-state index in [1.807, 2.05) is 17.0 Å². The number of pyridine rings is 1. The van der Waals surface area contributed by atoms with Crippen LogP contribution in [0.4, 0.5) is 0 Å². The van der Waals surface area contributed by atoms with Gasteiger partial charge in [0.15, 0.2) is 0 Å². The summed E-state index contributed by atoms with van der Waals surface area (Å²) < 4.78 is 0. The van der Waals surface area contributed by atoms with Crippen LogP contribution in [0, 0.1) is 16.7 Å². The van der Waals surface area contributed by atoms with Crippen LogP contribution in [-0.2, 0) is 27.3 Å². The van der Waals surface area contributed by atoms with Crippen LogP contribution in [-0.4, -0.2) is 54.5 Å². The molecular formula is C21H21N5O5. The molecule has 0 bridgehead atoms. The molecule has 0 spiro atoms. The summed E-state index contributed by atoms with van der Waals surface area (Å²) in [4.78, 5) is 46.0. The number of hydrogen-bond acceptors (Lipinski definition) is 7. The van der Waals surface area contributed by atoms with Gasteiger partial charge in [-0.3, -0.25) is 9.78 Å². The Labute approximate surface area is 178 Å². The maximum absolute atomic E-state index is 13.1. The van der Waals surface area contributed by atoms with E-state index in [0.717, 1.165) is 35.4 Å². The molecule has 1 saturated carbocycles. The van der Waals surface area contributed by atoms with Gasteiger partial charge in [0.05, 0.1) is 17.5 Å².